The zero-order valence-electron chi connectivity index (χ0n) is 10.1. The van der Waals surface area contributed by atoms with Crippen LogP contribution in [0.5, 0.6) is 5.75 Å². The van der Waals surface area contributed by atoms with Crippen molar-refractivity contribution in [3.63, 3.8) is 0 Å². The van der Waals surface area contributed by atoms with Crippen molar-refractivity contribution in [2.75, 3.05) is 0 Å². The SMILES string of the molecule is N#CC(NC(=O)c1ccccc1O)c1ccccc1. The first-order valence-electron chi connectivity index (χ1n) is 5.76. The first-order valence-corrected chi connectivity index (χ1v) is 5.76. The van der Waals surface area contributed by atoms with Crippen LogP contribution in [0.3, 0.4) is 0 Å². The van der Waals surface area contributed by atoms with Crippen LogP contribution in [-0.2, 0) is 0 Å². The average Bonchev–Trinajstić information content (AvgIpc) is 2.46. The van der Waals surface area contributed by atoms with Gasteiger partial charge in [0.15, 0.2) is 0 Å². The van der Waals surface area contributed by atoms with Gasteiger partial charge in [-0.15, -0.1) is 0 Å². The molecular weight excluding hydrogens is 240 g/mol. The summed E-state index contributed by atoms with van der Waals surface area (Å²) >= 11 is 0. The van der Waals surface area contributed by atoms with Gasteiger partial charge < -0.3 is 10.4 Å². The third-order valence-electron chi connectivity index (χ3n) is 2.69. The fourth-order valence-corrected chi connectivity index (χ4v) is 1.71. The summed E-state index contributed by atoms with van der Waals surface area (Å²) in [5.74, 6) is -0.585. The number of phenols is 1. The van der Waals surface area contributed by atoms with Crippen LogP contribution in [0.2, 0.25) is 0 Å². The van der Waals surface area contributed by atoms with Crippen molar-refractivity contribution in [3.8, 4) is 11.8 Å². The number of rotatable bonds is 3. The molecule has 1 unspecified atom stereocenters. The zero-order chi connectivity index (χ0) is 13.7. The smallest absolute Gasteiger partial charge is 0.256 e. The van der Waals surface area contributed by atoms with Crippen molar-refractivity contribution in [2.45, 2.75) is 6.04 Å². The second-order valence-corrected chi connectivity index (χ2v) is 3.96. The van der Waals surface area contributed by atoms with Crippen LogP contribution in [-0.4, -0.2) is 11.0 Å². The zero-order valence-corrected chi connectivity index (χ0v) is 10.1. The summed E-state index contributed by atoms with van der Waals surface area (Å²) in [4.78, 5) is 12.0. The van der Waals surface area contributed by atoms with Crippen molar-refractivity contribution in [2.24, 2.45) is 0 Å². The molecule has 0 saturated heterocycles. The van der Waals surface area contributed by atoms with Gasteiger partial charge in [-0.2, -0.15) is 5.26 Å². The van der Waals surface area contributed by atoms with E-state index in [0.717, 1.165) is 0 Å². The molecule has 2 aromatic carbocycles. The first-order chi connectivity index (χ1) is 9.22. The molecule has 4 heteroatoms. The van der Waals surface area contributed by atoms with Gasteiger partial charge in [-0.05, 0) is 17.7 Å². The van der Waals surface area contributed by atoms with E-state index >= 15 is 0 Å². The maximum Gasteiger partial charge on any atom is 0.256 e. The number of nitrogens with one attached hydrogen (secondary N) is 1. The van der Waals surface area contributed by atoms with Crippen molar-refractivity contribution in [1.82, 2.24) is 5.32 Å². The van der Waals surface area contributed by atoms with E-state index in [0.29, 0.717) is 5.56 Å². The van der Waals surface area contributed by atoms with Gasteiger partial charge in [-0.3, -0.25) is 4.79 Å². The normalized spacial score (nSPS) is 11.3. The highest BCUT2D eigenvalue weighted by molar-refractivity contribution is 5.97. The van der Waals surface area contributed by atoms with Crippen LogP contribution in [0.1, 0.15) is 22.0 Å². The average molecular weight is 252 g/mol. The van der Waals surface area contributed by atoms with Crippen LogP contribution in [0.4, 0.5) is 0 Å². The minimum Gasteiger partial charge on any atom is -0.507 e. The number of phenolic OH excluding ortho intramolecular Hbond substituents is 1. The van der Waals surface area contributed by atoms with Gasteiger partial charge in [-0.1, -0.05) is 42.5 Å². The fourth-order valence-electron chi connectivity index (χ4n) is 1.71. The predicted octanol–water partition coefficient (Wildman–Crippen LogP) is 2.39. The van der Waals surface area contributed by atoms with Crippen LogP contribution in [0.15, 0.2) is 54.6 Å². The second-order valence-electron chi connectivity index (χ2n) is 3.96. The summed E-state index contributed by atoms with van der Waals surface area (Å²) in [7, 11) is 0. The number of nitrogens with zero attached hydrogens (tertiary/aromatic N) is 1. The maximum absolute atomic E-state index is 12.0. The molecule has 0 spiro atoms. The van der Waals surface area contributed by atoms with Crippen molar-refractivity contribution < 1.29 is 9.90 Å². The molecule has 1 atom stereocenters. The Balaban J connectivity index is 2.19. The molecule has 94 valence electrons. The molecule has 0 aliphatic carbocycles. The van der Waals surface area contributed by atoms with Crippen molar-refractivity contribution >= 4 is 5.91 Å². The van der Waals surface area contributed by atoms with Crippen LogP contribution >= 0.6 is 0 Å². The van der Waals surface area contributed by atoms with Gasteiger partial charge in [0, 0.05) is 0 Å². The van der Waals surface area contributed by atoms with Gasteiger partial charge in [-0.25, -0.2) is 0 Å². The second kappa shape index (κ2) is 5.69. The number of hydrogen-bond donors (Lipinski definition) is 2. The van der Waals surface area contributed by atoms with Crippen LogP contribution in [0, 0.1) is 11.3 Å². The van der Waals surface area contributed by atoms with E-state index in [-0.39, 0.29) is 11.3 Å². The summed E-state index contributed by atoms with van der Waals surface area (Å²) in [5.41, 5.74) is 0.854. The van der Waals surface area contributed by atoms with E-state index in [1.807, 2.05) is 12.1 Å². The first kappa shape index (κ1) is 12.7. The topological polar surface area (TPSA) is 73.1 Å². The number of carbonyl (C=O) groups excluding carboxylic acids is 1. The molecule has 2 rings (SSSR count). The number of hydrogen-bond acceptors (Lipinski definition) is 3. The number of nitriles is 1. The Morgan fingerprint density at radius 1 is 1.11 bits per heavy atom. The molecule has 2 aromatic rings. The van der Waals surface area contributed by atoms with Crippen LogP contribution < -0.4 is 5.32 Å². The highest BCUT2D eigenvalue weighted by atomic mass is 16.3. The summed E-state index contributed by atoms with van der Waals surface area (Å²) in [6.07, 6.45) is 0. The lowest BCUT2D eigenvalue weighted by Crippen LogP contribution is -2.27. The van der Waals surface area contributed by atoms with E-state index < -0.39 is 11.9 Å². The third-order valence-corrected chi connectivity index (χ3v) is 2.69. The summed E-state index contributed by atoms with van der Waals surface area (Å²) < 4.78 is 0. The number of carbonyl (C=O) groups is 1. The van der Waals surface area contributed by atoms with Crippen LogP contribution in [0.25, 0.3) is 0 Å². The lowest BCUT2D eigenvalue weighted by atomic mass is 10.1. The molecule has 2 N–H and O–H groups in total. The minimum absolute atomic E-state index is 0.107. The molecule has 0 heterocycles. The Morgan fingerprint density at radius 2 is 1.74 bits per heavy atom. The molecule has 0 aliphatic heterocycles. The molecule has 0 radical (unpaired) electrons. The van der Waals surface area contributed by atoms with E-state index in [1.54, 1.807) is 36.4 Å². The number of amides is 1. The summed E-state index contributed by atoms with van der Waals surface area (Å²) in [6, 6.07) is 16.5. The molecule has 0 aromatic heterocycles. The minimum atomic E-state index is -0.742. The van der Waals surface area contributed by atoms with E-state index in [1.165, 1.54) is 12.1 Å². The summed E-state index contributed by atoms with van der Waals surface area (Å²) in [5, 5.41) is 21.3. The third kappa shape index (κ3) is 2.90. The van der Waals surface area contributed by atoms with Gasteiger partial charge in [0.05, 0.1) is 11.6 Å². The van der Waals surface area contributed by atoms with E-state index in [9.17, 15) is 9.90 Å². The quantitative estimate of drug-likeness (QED) is 0.880. The summed E-state index contributed by atoms with van der Waals surface area (Å²) in [6.45, 7) is 0. The Bertz CT molecular complexity index is 618. The maximum atomic E-state index is 12.0. The monoisotopic (exact) mass is 252 g/mol. The molecule has 0 bridgehead atoms. The van der Waals surface area contributed by atoms with E-state index in [2.05, 4.69) is 5.32 Å². The van der Waals surface area contributed by atoms with Gasteiger partial charge >= 0.3 is 0 Å². The standard InChI is InChI=1S/C15H12N2O2/c16-10-13(11-6-2-1-3-7-11)17-15(19)12-8-4-5-9-14(12)18/h1-9,13,18H,(H,17,19). The lowest BCUT2D eigenvalue weighted by molar-refractivity contribution is 0.0942. The number of aromatic hydroxyl groups is 1. The van der Waals surface area contributed by atoms with Crippen molar-refractivity contribution in [3.05, 3.63) is 65.7 Å². The molecule has 19 heavy (non-hydrogen) atoms. The molecular formula is C15H12N2O2. The molecule has 1 amide bonds. The predicted molar refractivity (Wildman–Crippen MR) is 70.4 cm³/mol. The van der Waals surface area contributed by atoms with Gasteiger partial charge in [0.1, 0.15) is 11.8 Å². The number of benzene rings is 2. The Hall–Kier alpha value is -2.80. The Kier molecular flexibility index (Phi) is 3.79. The largest absolute Gasteiger partial charge is 0.507 e. The molecule has 0 saturated carbocycles. The molecule has 4 nitrogen and oxygen atoms in total. The highest BCUT2D eigenvalue weighted by Crippen LogP contribution is 2.17. The molecule has 0 fully saturated rings. The van der Waals surface area contributed by atoms with Gasteiger partial charge in [0.2, 0.25) is 0 Å². The number of para-hydroxylation sites is 1. The Labute approximate surface area is 110 Å². The van der Waals surface area contributed by atoms with Gasteiger partial charge in [0.25, 0.3) is 5.91 Å². The lowest BCUT2D eigenvalue weighted by Gasteiger charge is -2.12. The van der Waals surface area contributed by atoms with Crippen molar-refractivity contribution in [1.29, 1.82) is 5.26 Å². The fraction of sp³-hybridized carbons (Fsp3) is 0.0667. The highest BCUT2D eigenvalue weighted by Gasteiger charge is 2.16. The van der Waals surface area contributed by atoms with E-state index in [4.69, 9.17) is 5.26 Å². The molecule has 0 aliphatic rings. The Morgan fingerprint density at radius 3 is 2.37 bits per heavy atom.